The molecule has 0 aliphatic heterocycles. The molecule has 0 saturated heterocycles. The maximum absolute atomic E-state index is 10.4. The lowest BCUT2D eigenvalue weighted by atomic mass is 10.1. The summed E-state index contributed by atoms with van der Waals surface area (Å²) in [6, 6.07) is 5.58. The summed E-state index contributed by atoms with van der Waals surface area (Å²) in [6.07, 6.45) is 1.70. The summed E-state index contributed by atoms with van der Waals surface area (Å²) in [5.74, 6) is 0.855. The molecule has 0 unspecified atom stereocenters. The van der Waals surface area contributed by atoms with Crippen molar-refractivity contribution in [3.63, 3.8) is 0 Å². The number of fused-ring (bicyclic) bond motifs is 1. The molecule has 19 heavy (non-hydrogen) atoms. The smallest absolute Gasteiger partial charge is 0.152 e. The summed E-state index contributed by atoms with van der Waals surface area (Å²) in [6.45, 7) is 1.92. The molecule has 5 heteroatoms. The van der Waals surface area contributed by atoms with E-state index in [-0.39, 0.29) is 5.75 Å². The van der Waals surface area contributed by atoms with Crippen molar-refractivity contribution in [3.05, 3.63) is 35.5 Å². The summed E-state index contributed by atoms with van der Waals surface area (Å²) >= 11 is 1.45. The lowest BCUT2D eigenvalue weighted by Crippen LogP contribution is -1.92. The van der Waals surface area contributed by atoms with Crippen molar-refractivity contribution >= 4 is 22.1 Å². The van der Waals surface area contributed by atoms with E-state index in [0.29, 0.717) is 16.5 Å². The van der Waals surface area contributed by atoms with Crippen molar-refractivity contribution in [2.24, 2.45) is 0 Å². The second-order valence-electron chi connectivity index (χ2n) is 4.14. The number of rotatable bonds is 2. The Morgan fingerprint density at radius 3 is 2.79 bits per heavy atom. The molecule has 0 atom stereocenters. The maximum Gasteiger partial charge on any atom is 0.152 e. The maximum atomic E-state index is 10.4. The molecule has 1 N–H and O–H groups in total. The zero-order valence-corrected chi connectivity index (χ0v) is 11.4. The van der Waals surface area contributed by atoms with Gasteiger partial charge in [-0.15, -0.1) is 11.3 Å². The first-order valence-electron chi connectivity index (χ1n) is 5.78. The van der Waals surface area contributed by atoms with E-state index >= 15 is 0 Å². The molecule has 0 saturated carbocycles. The molecular weight excluding hydrogens is 260 g/mol. The Kier molecular flexibility index (Phi) is 2.83. The van der Waals surface area contributed by atoms with Crippen LogP contribution in [-0.4, -0.2) is 22.2 Å². The number of thiazole rings is 1. The van der Waals surface area contributed by atoms with Crippen LogP contribution >= 0.6 is 11.3 Å². The summed E-state index contributed by atoms with van der Waals surface area (Å²) in [5.41, 5.74) is 1.38. The minimum atomic E-state index is 0.148. The Bertz CT molecular complexity index is 739. The van der Waals surface area contributed by atoms with Crippen molar-refractivity contribution in [2.75, 3.05) is 7.11 Å². The SMILES string of the molecule is COc1ccc2c(C)nc(-c3nccs3)c(O)c2c1. The van der Waals surface area contributed by atoms with Crippen LogP contribution in [0.4, 0.5) is 0 Å². The van der Waals surface area contributed by atoms with Crippen molar-refractivity contribution in [1.82, 2.24) is 9.97 Å². The van der Waals surface area contributed by atoms with Crippen LogP contribution in [0.2, 0.25) is 0 Å². The first-order chi connectivity index (χ1) is 9.20. The highest BCUT2D eigenvalue weighted by Crippen LogP contribution is 2.37. The Labute approximate surface area is 114 Å². The number of methoxy groups -OCH3 is 1. The third-order valence-corrected chi connectivity index (χ3v) is 3.79. The number of nitrogens with zero attached hydrogens (tertiary/aromatic N) is 2. The van der Waals surface area contributed by atoms with Crippen LogP contribution in [0.25, 0.3) is 21.5 Å². The van der Waals surface area contributed by atoms with Crippen LogP contribution in [-0.2, 0) is 0 Å². The van der Waals surface area contributed by atoms with E-state index < -0.39 is 0 Å². The Balaban J connectivity index is 2.34. The average molecular weight is 272 g/mol. The van der Waals surface area contributed by atoms with Crippen LogP contribution in [0.5, 0.6) is 11.5 Å². The number of ether oxygens (including phenoxy) is 1. The molecule has 3 aromatic rings. The topological polar surface area (TPSA) is 55.2 Å². The molecule has 0 radical (unpaired) electrons. The van der Waals surface area contributed by atoms with Gasteiger partial charge in [0.2, 0.25) is 0 Å². The van der Waals surface area contributed by atoms with Crippen LogP contribution in [0.3, 0.4) is 0 Å². The van der Waals surface area contributed by atoms with E-state index in [0.717, 1.165) is 16.5 Å². The van der Waals surface area contributed by atoms with Gasteiger partial charge >= 0.3 is 0 Å². The van der Waals surface area contributed by atoms with Crippen LogP contribution in [0.15, 0.2) is 29.8 Å². The average Bonchev–Trinajstić information content (AvgIpc) is 2.96. The normalized spacial score (nSPS) is 10.8. The van der Waals surface area contributed by atoms with Gasteiger partial charge in [-0.2, -0.15) is 0 Å². The minimum absolute atomic E-state index is 0.148. The van der Waals surface area contributed by atoms with E-state index in [2.05, 4.69) is 9.97 Å². The minimum Gasteiger partial charge on any atom is -0.505 e. The fraction of sp³-hybridized carbons (Fsp3) is 0.143. The van der Waals surface area contributed by atoms with Gasteiger partial charge in [0.1, 0.15) is 16.5 Å². The molecular formula is C14H12N2O2S. The van der Waals surface area contributed by atoms with Crippen molar-refractivity contribution in [3.8, 4) is 22.2 Å². The van der Waals surface area contributed by atoms with E-state index in [9.17, 15) is 5.11 Å². The highest BCUT2D eigenvalue weighted by molar-refractivity contribution is 7.13. The predicted molar refractivity (Wildman–Crippen MR) is 75.8 cm³/mol. The highest BCUT2D eigenvalue weighted by atomic mass is 32.1. The lowest BCUT2D eigenvalue weighted by molar-refractivity contribution is 0.415. The molecule has 96 valence electrons. The zero-order chi connectivity index (χ0) is 13.4. The van der Waals surface area contributed by atoms with Gasteiger partial charge in [-0.25, -0.2) is 9.97 Å². The molecule has 0 bridgehead atoms. The molecule has 0 aliphatic carbocycles. The van der Waals surface area contributed by atoms with Gasteiger partial charge in [-0.1, -0.05) is 0 Å². The Morgan fingerprint density at radius 1 is 1.26 bits per heavy atom. The molecule has 1 aromatic carbocycles. The fourth-order valence-electron chi connectivity index (χ4n) is 2.06. The molecule has 0 fully saturated rings. The van der Waals surface area contributed by atoms with Crippen LogP contribution in [0, 0.1) is 6.92 Å². The van der Waals surface area contributed by atoms with Gasteiger partial charge in [0.25, 0.3) is 0 Å². The van der Waals surface area contributed by atoms with Gasteiger partial charge in [0, 0.05) is 28.0 Å². The molecule has 0 amide bonds. The molecule has 0 aliphatic rings. The van der Waals surface area contributed by atoms with Crippen molar-refractivity contribution in [1.29, 1.82) is 0 Å². The molecule has 0 spiro atoms. The number of benzene rings is 1. The van der Waals surface area contributed by atoms with E-state index in [1.54, 1.807) is 13.3 Å². The van der Waals surface area contributed by atoms with Crippen molar-refractivity contribution < 1.29 is 9.84 Å². The number of aryl methyl sites for hydroxylation is 1. The Morgan fingerprint density at radius 2 is 2.11 bits per heavy atom. The fourth-order valence-corrected chi connectivity index (χ4v) is 2.69. The van der Waals surface area contributed by atoms with E-state index in [1.807, 2.05) is 30.5 Å². The molecule has 2 heterocycles. The number of hydrogen-bond donors (Lipinski definition) is 1. The summed E-state index contributed by atoms with van der Waals surface area (Å²) in [5, 5.41) is 14.6. The van der Waals surface area contributed by atoms with Crippen molar-refractivity contribution in [2.45, 2.75) is 6.92 Å². The Hall–Kier alpha value is -2.14. The van der Waals surface area contributed by atoms with Gasteiger partial charge < -0.3 is 9.84 Å². The van der Waals surface area contributed by atoms with Gasteiger partial charge in [0.05, 0.1) is 7.11 Å². The van der Waals surface area contributed by atoms with Gasteiger partial charge in [0.15, 0.2) is 5.75 Å². The summed E-state index contributed by atoms with van der Waals surface area (Å²) in [4.78, 5) is 8.66. The summed E-state index contributed by atoms with van der Waals surface area (Å²) in [7, 11) is 1.61. The first kappa shape index (κ1) is 11.9. The standard InChI is InChI=1S/C14H12N2O2S/c1-8-10-4-3-9(18-2)7-11(10)13(17)12(16-8)14-15-5-6-19-14/h3-7,17H,1-2H3. The van der Waals surface area contributed by atoms with Crippen LogP contribution in [0.1, 0.15) is 5.69 Å². The van der Waals surface area contributed by atoms with E-state index in [4.69, 9.17) is 4.74 Å². The summed E-state index contributed by atoms with van der Waals surface area (Å²) < 4.78 is 5.20. The van der Waals surface area contributed by atoms with Gasteiger partial charge in [-0.3, -0.25) is 0 Å². The van der Waals surface area contributed by atoms with E-state index in [1.165, 1.54) is 11.3 Å². The molecule has 4 nitrogen and oxygen atoms in total. The third kappa shape index (κ3) is 1.92. The number of aromatic nitrogens is 2. The van der Waals surface area contributed by atoms with Gasteiger partial charge in [-0.05, 0) is 25.1 Å². The molecule has 2 aromatic heterocycles. The lowest BCUT2D eigenvalue weighted by Gasteiger charge is -2.09. The highest BCUT2D eigenvalue weighted by Gasteiger charge is 2.15. The van der Waals surface area contributed by atoms with Crippen LogP contribution < -0.4 is 4.74 Å². The number of aromatic hydroxyl groups is 1. The zero-order valence-electron chi connectivity index (χ0n) is 10.5. The largest absolute Gasteiger partial charge is 0.505 e. The second kappa shape index (κ2) is 4.51. The quantitative estimate of drug-likeness (QED) is 0.777. The predicted octanol–water partition coefficient (Wildman–Crippen LogP) is 3.38. The second-order valence-corrected chi connectivity index (χ2v) is 5.04. The molecule has 3 rings (SSSR count). The number of hydrogen-bond acceptors (Lipinski definition) is 5. The third-order valence-electron chi connectivity index (χ3n) is 3.01. The first-order valence-corrected chi connectivity index (χ1v) is 6.66. The number of pyridine rings is 1. The monoisotopic (exact) mass is 272 g/mol.